The number of benzene rings is 1. The second kappa shape index (κ2) is 6.53. The largest absolute Gasteiger partial charge is 0.491 e. The van der Waals surface area contributed by atoms with Gasteiger partial charge < -0.3 is 15.2 Å². The minimum Gasteiger partial charge on any atom is -0.491 e. The third-order valence-electron chi connectivity index (χ3n) is 3.42. The number of nitrogens with one attached hydrogen (secondary N) is 1. The molecule has 1 aromatic carbocycles. The van der Waals surface area contributed by atoms with Gasteiger partial charge in [-0.1, -0.05) is 0 Å². The van der Waals surface area contributed by atoms with Gasteiger partial charge in [-0.3, -0.25) is 14.9 Å². The van der Waals surface area contributed by atoms with Crippen molar-refractivity contribution in [3.63, 3.8) is 0 Å². The number of aliphatic carboxylic acids is 1. The van der Waals surface area contributed by atoms with E-state index >= 15 is 0 Å². The summed E-state index contributed by atoms with van der Waals surface area (Å²) in [5.74, 6) is -0.477. The molecule has 0 saturated carbocycles. The predicted molar refractivity (Wildman–Crippen MR) is 77.6 cm³/mol. The Labute approximate surface area is 123 Å². The van der Waals surface area contributed by atoms with E-state index in [1.54, 1.807) is 33.9 Å². The molecule has 1 aromatic rings. The van der Waals surface area contributed by atoms with E-state index in [2.05, 4.69) is 5.32 Å². The van der Waals surface area contributed by atoms with Gasteiger partial charge in [0.15, 0.2) is 0 Å². The van der Waals surface area contributed by atoms with Crippen LogP contribution in [0.4, 0.5) is 5.69 Å². The zero-order valence-electron chi connectivity index (χ0n) is 12.5. The summed E-state index contributed by atoms with van der Waals surface area (Å²) in [6, 6.07) is 4.47. The fraction of sp³-hybridized carbons (Fsp3) is 0.500. The van der Waals surface area contributed by atoms with Gasteiger partial charge in [-0.05, 0) is 40.0 Å². The van der Waals surface area contributed by atoms with E-state index in [9.17, 15) is 20.0 Å². The molecule has 0 aliphatic carbocycles. The van der Waals surface area contributed by atoms with Crippen LogP contribution in [0.2, 0.25) is 0 Å². The highest BCUT2D eigenvalue weighted by Gasteiger charge is 2.33. The number of hydrogen-bond donors (Lipinski definition) is 2. The summed E-state index contributed by atoms with van der Waals surface area (Å²) >= 11 is 0. The van der Waals surface area contributed by atoms with Crippen molar-refractivity contribution in [2.45, 2.75) is 38.8 Å². The van der Waals surface area contributed by atoms with Crippen LogP contribution in [-0.4, -0.2) is 34.7 Å². The molecular weight excluding hydrogens is 276 g/mol. The lowest BCUT2D eigenvalue weighted by Crippen LogP contribution is -2.50. The number of nitro groups is 1. The molecule has 0 amide bonds. The van der Waals surface area contributed by atoms with Crippen molar-refractivity contribution < 1.29 is 19.6 Å². The minimum absolute atomic E-state index is 0.0283. The number of ether oxygens (including phenoxy) is 1. The molecule has 2 atom stereocenters. The summed E-state index contributed by atoms with van der Waals surface area (Å²) in [4.78, 5) is 21.5. The van der Waals surface area contributed by atoms with Crippen LogP contribution in [-0.2, 0) is 4.79 Å². The van der Waals surface area contributed by atoms with Crippen LogP contribution in [0.5, 0.6) is 5.75 Å². The number of nitrogens with zero attached hydrogens (tertiary/aromatic N) is 1. The SMILES string of the molecule is CNC(C)(CC(C)Oc1ccc([N+](=O)[O-])c(C)c1)C(=O)O. The van der Waals surface area contributed by atoms with Crippen molar-refractivity contribution in [1.82, 2.24) is 5.32 Å². The van der Waals surface area contributed by atoms with Gasteiger partial charge in [0, 0.05) is 18.1 Å². The minimum atomic E-state index is -1.09. The summed E-state index contributed by atoms with van der Waals surface area (Å²) in [5, 5.41) is 22.7. The molecule has 0 spiro atoms. The first-order valence-corrected chi connectivity index (χ1v) is 6.53. The Kier molecular flexibility index (Phi) is 5.26. The molecule has 0 heterocycles. The van der Waals surface area contributed by atoms with E-state index in [1.807, 2.05) is 0 Å². The Morgan fingerprint density at radius 1 is 1.57 bits per heavy atom. The summed E-state index contributed by atoms with van der Waals surface area (Å²) in [5.41, 5.74) is -0.560. The number of aryl methyl sites for hydroxylation is 1. The first-order chi connectivity index (χ1) is 9.69. The van der Waals surface area contributed by atoms with Gasteiger partial charge >= 0.3 is 5.97 Å². The number of carbonyl (C=O) groups is 1. The number of likely N-dealkylation sites (N-methyl/N-ethyl adjacent to an activating group) is 1. The molecule has 1 rings (SSSR count). The molecule has 0 bridgehead atoms. The van der Waals surface area contributed by atoms with Crippen molar-refractivity contribution in [3.8, 4) is 5.75 Å². The Morgan fingerprint density at radius 2 is 2.19 bits per heavy atom. The third-order valence-corrected chi connectivity index (χ3v) is 3.42. The molecule has 7 nitrogen and oxygen atoms in total. The van der Waals surface area contributed by atoms with Crippen LogP contribution in [0, 0.1) is 17.0 Å². The van der Waals surface area contributed by atoms with Crippen LogP contribution in [0.15, 0.2) is 18.2 Å². The van der Waals surface area contributed by atoms with Crippen molar-refractivity contribution >= 4 is 11.7 Å². The van der Waals surface area contributed by atoms with E-state index in [4.69, 9.17) is 4.74 Å². The zero-order valence-corrected chi connectivity index (χ0v) is 12.5. The molecule has 2 unspecified atom stereocenters. The molecule has 0 saturated heterocycles. The van der Waals surface area contributed by atoms with Gasteiger partial charge in [-0.2, -0.15) is 0 Å². The maximum absolute atomic E-state index is 11.2. The highest BCUT2D eigenvalue weighted by molar-refractivity contribution is 5.78. The van der Waals surface area contributed by atoms with Gasteiger partial charge in [0.25, 0.3) is 5.69 Å². The van der Waals surface area contributed by atoms with E-state index in [0.29, 0.717) is 11.3 Å². The van der Waals surface area contributed by atoms with E-state index in [-0.39, 0.29) is 18.2 Å². The maximum atomic E-state index is 11.2. The smallest absolute Gasteiger partial charge is 0.323 e. The highest BCUT2D eigenvalue weighted by atomic mass is 16.6. The average Bonchev–Trinajstić information content (AvgIpc) is 2.37. The highest BCUT2D eigenvalue weighted by Crippen LogP contribution is 2.25. The maximum Gasteiger partial charge on any atom is 0.323 e. The first kappa shape index (κ1) is 16.9. The number of carboxylic acids is 1. The quantitative estimate of drug-likeness (QED) is 0.590. The normalized spacial score (nSPS) is 15.0. The monoisotopic (exact) mass is 296 g/mol. The van der Waals surface area contributed by atoms with Crippen LogP contribution >= 0.6 is 0 Å². The Bertz CT molecular complexity index is 546. The van der Waals surface area contributed by atoms with E-state index in [0.717, 1.165) is 0 Å². The van der Waals surface area contributed by atoms with Crippen LogP contribution in [0.1, 0.15) is 25.8 Å². The van der Waals surface area contributed by atoms with Gasteiger partial charge in [0.1, 0.15) is 11.3 Å². The fourth-order valence-electron chi connectivity index (χ4n) is 2.05. The number of carboxylic acid groups (broad SMARTS) is 1. The molecule has 21 heavy (non-hydrogen) atoms. The summed E-state index contributed by atoms with van der Waals surface area (Å²) in [6.45, 7) is 4.97. The predicted octanol–water partition coefficient (Wildman–Crippen LogP) is 2.12. The average molecular weight is 296 g/mol. The molecule has 0 radical (unpaired) electrons. The molecule has 0 aliphatic rings. The van der Waals surface area contributed by atoms with Gasteiger partial charge in [0.05, 0.1) is 11.0 Å². The second-order valence-corrected chi connectivity index (χ2v) is 5.23. The second-order valence-electron chi connectivity index (χ2n) is 5.23. The molecule has 0 aromatic heterocycles. The van der Waals surface area contributed by atoms with Gasteiger partial charge in [0.2, 0.25) is 0 Å². The Hall–Kier alpha value is -2.15. The Balaban J connectivity index is 2.80. The lowest BCUT2D eigenvalue weighted by molar-refractivity contribution is -0.385. The zero-order chi connectivity index (χ0) is 16.2. The number of hydrogen-bond acceptors (Lipinski definition) is 5. The van der Waals surface area contributed by atoms with Gasteiger partial charge in [-0.25, -0.2) is 0 Å². The summed E-state index contributed by atoms with van der Waals surface area (Å²) < 4.78 is 5.65. The molecule has 0 fully saturated rings. The van der Waals surface area contributed by atoms with Crippen LogP contribution in [0.3, 0.4) is 0 Å². The lowest BCUT2D eigenvalue weighted by Gasteiger charge is -2.27. The number of nitro benzene ring substituents is 1. The number of rotatable bonds is 7. The van der Waals surface area contributed by atoms with Crippen molar-refractivity contribution in [3.05, 3.63) is 33.9 Å². The first-order valence-electron chi connectivity index (χ1n) is 6.53. The van der Waals surface area contributed by atoms with Crippen molar-refractivity contribution in [2.24, 2.45) is 0 Å². The molecule has 0 aliphatic heterocycles. The Morgan fingerprint density at radius 3 is 2.62 bits per heavy atom. The van der Waals surface area contributed by atoms with E-state index in [1.165, 1.54) is 12.1 Å². The van der Waals surface area contributed by atoms with Gasteiger partial charge in [-0.15, -0.1) is 0 Å². The van der Waals surface area contributed by atoms with Crippen molar-refractivity contribution in [2.75, 3.05) is 7.05 Å². The lowest BCUT2D eigenvalue weighted by atomic mass is 9.95. The molecule has 7 heteroatoms. The summed E-state index contributed by atoms with van der Waals surface area (Å²) in [7, 11) is 1.58. The van der Waals surface area contributed by atoms with E-state index < -0.39 is 16.4 Å². The van der Waals surface area contributed by atoms with Crippen molar-refractivity contribution in [1.29, 1.82) is 0 Å². The topological polar surface area (TPSA) is 102 Å². The standard InChI is InChI=1S/C14H20N2O5/c1-9-7-11(5-6-12(9)16(19)20)21-10(2)8-14(3,15-4)13(17)18/h5-7,10,15H,8H2,1-4H3,(H,17,18). The third kappa shape index (κ3) is 4.16. The summed E-state index contributed by atoms with van der Waals surface area (Å²) in [6.07, 6.45) is -0.103. The fourth-order valence-corrected chi connectivity index (χ4v) is 2.05. The van der Waals surface area contributed by atoms with Crippen LogP contribution in [0.25, 0.3) is 0 Å². The molecule has 2 N–H and O–H groups in total. The molecular formula is C14H20N2O5. The molecule has 116 valence electrons. The van der Waals surface area contributed by atoms with Crippen LogP contribution < -0.4 is 10.1 Å².